The predicted octanol–water partition coefficient (Wildman–Crippen LogP) is 25.4. The van der Waals surface area contributed by atoms with Gasteiger partial charge in [0.15, 0.2) is 0 Å². The van der Waals surface area contributed by atoms with E-state index in [1.54, 1.807) is 0 Å². The van der Waals surface area contributed by atoms with Crippen LogP contribution in [0.25, 0.3) is 186 Å². The maximum atomic E-state index is 10.0. The smallest absolute Gasteiger partial charge is 0.0622 e. The monoisotopic (exact) mass is 1170 g/mol. The molecule has 416 valence electrons. The summed E-state index contributed by atoms with van der Waals surface area (Å²) in [5.41, 5.74) is 0.547. The zero-order valence-electron chi connectivity index (χ0n) is 77.0. The van der Waals surface area contributed by atoms with Gasteiger partial charge in [0.05, 0.1) is 41.1 Å². The Balaban J connectivity index is 0.000000188. The average Bonchev–Trinajstić information content (AvgIpc) is 0.680. The van der Waals surface area contributed by atoms with E-state index in [9.17, 15) is 13.7 Å². The molecule has 0 bridgehead atoms. The van der Waals surface area contributed by atoms with Crippen LogP contribution in [-0.4, -0.2) is 0 Å². The van der Waals surface area contributed by atoms with Crippen LogP contribution in [0.2, 0.25) is 0 Å². The highest BCUT2D eigenvalue weighted by atomic mass is 14.2. The van der Waals surface area contributed by atoms with Gasteiger partial charge in [0.2, 0.25) is 0 Å². The maximum absolute atomic E-state index is 10.0. The lowest BCUT2D eigenvalue weighted by Gasteiger charge is -2.20. The average molecular weight is 1170 g/mol. The molecule has 0 heteroatoms. The SMILES string of the molecule is [2H]c1c([2H])c([2H])c(-c2c([2H])c([2H])c3c(-c4c([2H])c([2H])c(-c5c([2H])c([2H])c6c([2H])c([2H])c([2H])c([2H])c6c5[2H])c([2H])c4[2H])c4c([2H])c([2H])c([2H])c([2H])c4c(-c4c([2H])c([2H])c([2H])c5c([2H])c([2H])c([2H])c([2H])c45)c3c2[2H])c([2H])c1[2H].c1ccc(-c2cc(-c3ccc4ccc5cccc6ccc3c4c56)cc(-c3ccc4ccc5cccc6ccc3c4c56)c2)cc1. The van der Waals surface area contributed by atoms with E-state index >= 15 is 0 Å². The highest BCUT2D eigenvalue weighted by Gasteiger charge is 2.21. The second-order valence-corrected chi connectivity index (χ2v) is 21.9. The van der Waals surface area contributed by atoms with E-state index in [0.717, 1.165) is 0 Å². The first-order valence-corrected chi connectivity index (χ1v) is 28.8. The molecular weight excluding hydrogens is 1080 g/mol. The molecule has 19 rings (SSSR count). The minimum absolute atomic E-state index is 0.568. The van der Waals surface area contributed by atoms with Crippen LogP contribution in [0, 0.1) is 0 Å². The van der Waals surface area contributed by atoms with Crippen LogP contribution in [0.3, 0.4) is 0 Å². The predicted molar refractivity (Wildman–Crippen MR) is 388 cm³/mol. The second-order valence-electron chi connectivity index (χ2n) is 21.9. The van der Waals surface area contributed by atoms with Crippen molar-refractivity contribution in [2.45, 2.75) is 0 Å². The number of rotatable bonds is 7. The topological polar surface area (TPSA) is 0 Å². The van der Waals surface area contributed by atoms with Crippen molar-refractivity contribution < 1.29 is 41.1 Å². The molecule has 0 saturated heterocycles. The summed E-state index contributed by atoms with van der Waals surface area (Å²) in [4.78, 5) is 0. The van der Waals surface area contributed by atoms with Gasteiger partial charge in [-0.3, -0.25) is 0 Å². The highest BCUT2D eigenvalue weighted by molar-refractivity contribution is 6.28. The molecule has 0 aliphatic carbocycles. The molecule has 0 aliphatic rings. The lowest BCUT2D eigenvalue weighted by atomic mass is 9.83. The lowest BCUT2D eigenvalue weighted by Crippen LogP contribution is -1.92. The fourth-order valence-electron chi connectivity index (χ4n) is 12.9. The normalized spacial score (nSPS) is 16.4. The van der Waals surface area contributed by atoms with Crippen molar-refractivity contribution in [3.05, 3.63) is 339 Å². The molecule has 19 aromatic carbocycles. The molecule has 0 N–H and O–H groups in total. The summed E-state index contributed by atoms with van der Waals surface area (Å²) in [6, 6.07) is 28.7. The van der Waals surface area contributed by atoms with Gasteiger partial charge in [-0.15, -0.1) is 0 Å². The van der Waals surface area contributed by atoms with E-state index in [-0.39, 0.29) is 0 Å². The van der Waals surface area contributed by atoms with Gasteiger partial charge >= 0.3 is 0 Å². The van der Waals surface area contributed by atoms with Crippen molar-refractivity contribution in [1.82, 2.24) is 0 Å². The van der Waals surface area contributed by atoms with E-state index in [2.05, 4.69) is 158 Å². The van der Waals surface area contributed by atoms with Crippen LogP contribution in [-0.2, 0) is 0 Å². The van der Waals surface area contributed by atoms with Gasteiger partial charge in [0, 0.05) is 0 Å². The Hall–Kier alpha value is -11.7. The zero-order chi connectivity index (χ0) is 85.3. The van der Waals surface area contributed by atoms with Gasteiger partial charge in [-0.05, 0) is 216 Å². The van der Waals surface area contributed by atoms with Crippen LogP contribution >= 0.6 is 0 Å². The van der Waals surface area contributed by atoms with Crippen LogP contribution in [0.1, 0.15) is 41.1 Å². The van der Waals surface area contributed by atoms with E-state index in [4.69, 9.17) is 27.4 Å². The fourth-order valence-corrected chi connectivity index (χ4v) is 12.9. The van der Waals surface area contributed by atoms with E-state index in [1.807, 2.05) is 0 Å². The van der Waals surface area contributed by atoms with Gasteiger partial charge in [-0.25, -0.2) is 0 Å². The molecule has 0 nitrogen and oxygen atoms in total. The summed E-state index contributed by atoms with van der Waals surface area (Å²) < 4.78 is 270. The molecule has 19 aromatic rings. The Morgan fingerprint density at radius 2 is 0.633 bits per heavy atom. The molecular formula is C90H56. The van der Waals surface area contributed by atoms with Gasteiger partial charge in [0.25, 0.3) is 0 Å². The lowest BCUT2D eigenvalue weighted by molar-refractivity contribution is 1.59. The summed E-state index contributed by atoms with van der Waals surface area (Å²) in [5, 5.41) is 9.75. The molecule has 0 saturated carbocycles. The molecule has 0 fully saturated rings. The zero-order valence-corrected chi connectivity index (χ0v) is 47.0. The van der Waals surface area contributed by atoms with Gasteiger partial charge in [0.1, 0.15) is 0 Å². The minimum atomic E-state index is -1.17. The van der Waals surface area contributed by atoms with Crippen molar-refractivity contribution >= 4 is 108 Å². The molecule has 0 heterocycles. The summed E-state index contributed by atoms with van der Waals surface area (Å²) in [6.07, 6.45) is 0. The third-order valence-corrected chi connectivity index (χ3v) is 16.9. The largest absolute Gasteiger partial charge is 0.0636 e. The Kier molecular flexibility index (Phi) is 6.96. The third kappa shape index (κ3) is 8.52. The second kappa shape index (κ2) is 21.0. The first kappa shape index (κ1) is 29.8. The first-order valence-electron chi connectivity index (χ1n) is 43.8. The number of hydrogen-bond acceptors (Lipinski definition) is 0. The number of fused-ring (bicyclic) bond motifs is 4. The van der Waals surface area contributed by atoms with Crippen molar-refractivity contribution in [2.24, 2.45) is 0 Å². The summed E-state index contributed by atoms with van der Waals surface area (Å²) in [7, 11) is 0. The summed E-state index contributed by atoms with van der Waals surface area (Å²) in [5.74, 6) is 0. The molecule has 0 amide bonds. The Labute approximate surface area is 564 Å². The Morgan fingerprint density at radius 3 is 1.28 bits per heavy atom. The van der Waals surface area contributed by atoms with E-state index in [1.165, 1.54) is 98.0 Å². The maximum Gasteiger partial charge on any atom is 0.0636 e. The fraction of sp³-hybridized carbons (Fsp3) is 0. The van der Waals surface area contributed by atoms with E-state index < -0.39 is 269 Å². The highest BCUT2D eigenvalue weighted by Crippen LogP contribution is 2.48. The van der Waals surface area contributed by atoms with Crippen molar-refractivity contribution in [2.75, 3.05) is 0 Å². The number of benzene rings is 19. The van der Waals surface area contributed by atoms with Crippen molar-refractivity contribution in [3.63, 3.8) is 0 Å². The van der Waals surface area contributed by atoms with E-state index in [0.29, 0.717) is 0 Å². The van der Waals surface area contributed by atoms with Crippen LogP contribution < -0.4 is 0 Å². The minimum Gasteiger partial charge on any atom is -0.0622 e. The van der Waals surface area contributed by atoms with Crippen LogP contribution in [0.5, 0.6) is 0 Å². The van der Waals surface area contributed by atoms with Gasteiger partial charge < -0.3 is 0 Å². The third-order valence-electron chi connectivity index (χ3n) is 16.9. The molecule has 0 aliphatic heterocycles. The van der Waals surface area contributed by atoms with Crippen LogP contribution in [0.4, 0.5) is 0 Å². The van der Waals surface area contributed by atoms with Gasteiger partial charge in [-0.1, -0.05) is 309 Å². The van der Waals surface area contributed by atoms with Crippen molar-refractivity contribution in [3.8, 4) is 77.9 Å². The molecule has 0 atom stereocenters. The molecule has 90 heavy (non-hydrogen) atoms. The summed E-state index contributed by atoms with van der Waals surface area (Å²) >= 11 is 0. The van der Waals surface area contributed by atoms with Crippen molar-refractivity contribution in [1.29, 1.82) is 0 Å². The quantitative estimate of drug-likeness (QED) is 0.110. The first-order chi connectivity index (χ1) is 57.1. The molecule has 0 aromatic heterocycles. The molecule has 0 radical (unpaired) electrons. The number of hydrogen-bond donors (Lipinski definition) is 0. The summed E-state index contributed by atoms with van der Waals surface area (Å²) in [6.45, 7) is 0. The Morgan fingerprint density at radius 1 is 0.178 bits per heavy atom. The van der Waals surface area contributed by atoms with Crippen LogP contribution in [0.15, 0.2) is 339 Å². The molecule has 0 unspecified atom stereocenters. The Bertz CT molecular complexity index is 7630. The van der Waals surface area contributed by atoms with Gasteiger partial charge in [-0.2, -0.15) is 0 Å². The standard InChI is InChI=1S/C46H30.C44H26/c1-2-11-31(12-3-1)38-27-28-43-44(30-38)46(40-20-10-16-34-14-6-7-17-39(34)40)42-19-9-8-18-41(42)45(43)35-24-21-33(22-25-35)37-26-23-32-13-4-5-15-36(32)29-37;1-2-6-27(7-3-1)34-24-35(37-20-16-32-14-12-28-8-4-10-30-18-22-39(37)43(32)41(28)30)26-36(25-34)38-21-17-33-15-13-29-9-5-11-31-19-23-40(38)44(33)42(29)31/h1-30H;1-26H/i1D,2D,3D,4D,5D,6D,7D,8D,9D,10D,11D,12D,13D,14D,15D,16D,17D,18D,19D,20D,21D,22D,23D,24D,25D,26D,27D,28D,29D,30D;. The molecule has 0 spiro atoms.